The van der Waals surface area contributed by atoms with Crippen LogP contribution in [0, 0.1) is 17.1 Å². The first-order valence-corrected chi connectivity index (χ1v) is 12.3. The standard InChI is InChI=1S/C29H24F3N5O3/c1-28(2,16-33)27-36-35-25(40-27)20-12-24-21(13-22(20)30)29(31,32)14-23(34)26(38)37(24)15-17-8-10-19(11-9-17)39-18-6-4-3-5-7-18/h3-13,23H,14-15,34H2,1-2H3/t23-/m1/s1. The molecular formula is C29H24F3N5O3. The molecule has 2 heterocycles. The number of amides is 1. The summed E-state index contributed by atoms with van der Waals surface area (Å²) in [7, 11) is 0. The number of carbonyl (C=O) groups is 1. The molecule has 0 spiro atoms. The zero-order valence-corrected chi connectivity index (χ0v) is 21.6. The molecule has 0 saturated heterocycles. The Bertz CT molecular complexity index is 1600. The van der Waals surface area contributed by atoms with Crippen LogP contribution >= 0.6 is 0 Å². The monoisotopic (exact) mass is 547 g/mol. The van der Waals surface area contributed by atoms with E-state index in [1.165, 1.54) is 13.8 Å². The molecule has 2 N–H and O–H groups in total. The predicted molar refractivity (Wildman–Crippen MR) is 139 cm³/mol. The van der Waals surface area contributed by atoms with Gasteiger partial charge in [-0.3, -0.25) is 4.79 Å². The molecule has 0 fully saturated rings. The third kappa shape index (κ3) is 5.13. The molecule has 1 aliphatic rings. The van der Waals surface area contributed by atoms with E-state index in [0.29, 0.717) is 23.1 Å². The summed E-state index contributed by atoms with van der Waals surface area (Å²) in [6, 6.07) is 18.1. The van der Waals surface area contributed by atoms with Gasteiger partial charge in [-0.1, -0.05) is 30.3 Å². The molecule has 1 aliphatic heterocycles. The molecule has 0 radical (unpaired) electrons. The van der Waals surface area contributed by atoms with Crippen LogP contribution in [-0.2, 0) is 22.7 Å². The summed E-state index contributed by atoms with van der Waals surface area (Å²) in [5.74, 6) is -4.60. The van der Waals surface area contributed by atoms with Gasteiger partial charge in [0, 0.05) is 12.0 Å². The molecule has 3 aromatic carbocycles. The van der Waals surface area contributed by atoms with Crippen molar-refractivity contribution < 1.29 is 27.1 Å². The lowest BCUT2D eigenvalue weighted by Gasteiger charge is -2.25. The Labute approximate surface area is 227 Å². The highest BCUT2D eigenvalue weighted by Crippen LogP contribution is 2.45. The minimum Gasteiger partial charge on any atom is -0.457 e. The molecule has 0 aliphatic carbocycles. The first kappa shape index (κ1) is 26.9. The molecule has 204 valence electrons. The Balaban J connectivity index is 1.53. The lowest BCUT2D eigenvalue weighted by Crippen LogP contribution is -2.43. The highest BCUT2D eigenvalue weighted by atomic mass is 19.3. The Kier molecular flexibility index (Phi) is 6.81. The number of fused-ring (bicyclic) bond motifs is 1. The molecule has 0 saturated carbocycles. The second-order valence-corrected chi connectivity index (χ2v) is 10.00. The summed E-state index contributed by atoms with van der Waals surface area (Å²) in [5, 5.41) is 17.0. The molecule has 40 heavy (non-hydrogen) atoms. The van der Waals surface area contributed by atoms with E-state index in [0.717, 1.165) is 11.0 Å². The van der Waals surface area contributed by atoms with Crippen molar-refractivity contribution in [2.75, 3.05) is 4.90 Å². The quantitative estimate of drug-likeness (QED) is 0.323. The van der Waals surface area contributed by atoms with Crippen LogP contribution in [0.2, 0.25) is 0 Å². The fraction of sp³-hybridized carbons (Fsp3) is 0.241. The fourth-order valence-electron chi connectivity index (χ4n) is 4.30. The maximum absolute atomic E-state index is 15.2. The number of halogens is 3. The molecule has 1 atom stereocenters. The number of nitrogens with two attached hydrogens (primary N) is 1. The van der Waals surface area contributed by atoms with E-state index in [2.05, 4.69) is 10.2 Å². The van der Waals surface area contributed by atoms with Gasteiger partial charge in [-0.05, 0) is 55.8 Å². The minimum absolute atomic E-state index is 0.0718. The number of nitriles is 1. The van der Waals surface area contributed by atoms with E-state index in [1.807, 2.05) is 24.3 Å². The maximum Gasteiger partial charge on any atom is 0.277 e. The minimum atomic E-state index is -3.59. The van der Waals surface area contributed by atoms with Crippen molar-refractivity contribution in [1.82, 2.24) is 10.2 Å². The third-order valence-electron chi connectivity index (χ3n) is 6.54. The van der Waals surface area contributed by atoms with Gasteiger partial charge in [-0.2, -0.15) is 5.26 Å². The summed E-state index contributed by atoms with van der Waals surface area (Å²) in [6.07, 6.45) is -0.987. The topological polar surface area (TPSA) is 118 Å². The van der Waals surface area contributed by atoms with Crippen molar-refractivity contribution in [3.63, 3.8) is 0 Å². The lowest BCUT2D eigenvalue weighted by molar-refractivity contribution is -0.122. The summed E-state index contributed by atoms with van der Waals surface area (Å²) >= 11 is 0. The number of ether oxygens (including phenoxy) is 1. The number of nitrogens with zero attached hydrogens (tertiary/aromatic N) is 4. The smallest absolute Gasteiger partial charge is 0.277 e. The van der Waals surface area contributed by atoms with Crippen molar-refractivity contribution in [2.24, 2.45) is 5.73 Å². The number of para-hydroxylation sites is 1. The van der Waals surface area contributed by atoms with Crippen LogP contribution < -0.4 is 15.4 Å². The SMILES string of the molecule is CC(C)(C#N)c1nnc(-c2cc3c(cc2F)C(F)(F)C[C@@H](N)C(=O)N3Cc2ccc(Oc3ccccc3)cc2)o1. The second kappa shape index (κ2) is 10.1. The van der Waals surface area contributed by atoms with Crippen LogP contribution in [0.4, 0.5) is 18.9 Å². The molecule has 4 aromatic rings. The van der Waals surface area contributed by atoms with Crippen LogP contribution in [0.5, 0.6) is 11.5 Å². The van der Waals surface area contributed by atoms with E-state index in [9.17, 15) is 10.1 Å². The summed E-state index contributed by atoms with van der Waals surface area (Å²) < 4.78 is 57.0. The van der Waals surface area contributed by atoms with Gasteiger partial charge in [-0.25, -0.2) is 13.2 Å². The zero-order chi connectivity index (χ0) is 28.7. The van der Waals surface area contributed by atoms with E-state index >= 15 is 13.2 Å². The maximum atomic E-state index is 15.2. The number of hydrogen-bond acceptors (Lipinski definition) is 7. The summed E-state index contributed by atoms with van der Waals surface area (Å²) in [4.78, 5) is 14.4. The van der Waals surface area contributed by atoms with Gasteiger partial charge in [-0.15, -0.1) is 10.2 Å². The predicted octanol–water partition coefficient (Wildman–Crippen LogP) is 5.83. The van der Waals surface area contributed by atoms with Crippen molar-refractivity contribution >= 4 is 11.6 Å². The van der Waals surface area contributed by atoms with Gasteiger partial charge in [0.05, 0.1) is 29.9 Å². The van der Waals surface area contributed by atoms with Gasteiger partial charge in [0.25, 0.3) is 11.8 Å². The fourth-order valence-corrected chi connectivity index (χ4v) is 4.30. The average molecular weight is 548 g/mol. The van der Waals surface area contributed by atoms with Gasteiger partial charge in [0.2, 0.25) is 11.8 Å². The number of hydrogen-bond donors (Lipinski definition) is 1. The molecule has 0 unspecified atom stereocenters. The summed E-state index contributed by atoms with van der Waals surface area (Å²) in [6.45, 7) is 2.95. The highest BCUT2D eigenvalue weighted by Gasteiger charge is 2.45. The van der Waals surface area contributed by atoms with Crippen LogP contribution in [0.15, 0.2) is 71.1 Å². The zero-order valence-electron chi connectivity index (χ0n) is 21.6. The Morgan fingerprint density at radius 3 is 2.48 bits per heavy atom. The lowest BCUT2D eigenvalue weighted by atomic mass is 9.96. The van der Waals surface area contributed by atoms with E-state index < -0.39 is 41.1 Å². The van der Waals surface area contributed by atoms with Crippen molar-refractivity contribution in [3.8, 4) is 29.0 Å². The van der Waals surface area contributed by atoms with Crippen molar-refractivity contribution in [2.45, 2.75) is 44.2 Å². The van der Waals surface area contributed by atoms with Crippen LogP contribution in [-0.4, -0.2) is 22.1 Å². The largest absolute Gasteiger partial charge is 0.457 e. The average Bonchev–Trinajstić information content (AvgIpc) is 3.42. The number of alkyl halides is 2. The van der Waals surface area contributed by atoms with E-state index in [-0.39, 0.29) is 29.6 Å². The van der Waals surface area contributed by atoms with Gasteiger partial charge >= 0.3 is 0 Å². The van der Waals surface area contributed by atoms with Crippen molar-refractivity contribution in [1.29, 1.82) is 5.26 Å². The number of benzene rings is 3. The van der Waals surface area contributed by atoms with Crippen LogP contribution in [0.25, 0.3) is 11.5 Å². The Morgan fingerprint density at radius 2 is 1.80 bits per heavy atom. The molecule has 0 bridgehead atoms. The van der Waals surface area contributed by atoms with E-state index in [4.69, 9.17) is 14.9 Å². The summed E-state index contributed by atoms with van der Waals surface area (Å²) in [5.41, 5.74) is 4.11. The van der Waals surface area contributed by atoms with Gasteiger partial charge in [0.15, 0.2) is 0 Å². The number of rotatable bonds is 6. The molecule has 1 aromatic heterocycles. The number of anilines is 1. The third-order valence-corrected chi connectivity index (χ3v) is 6.54. The Morgan fingerprint density at radius 1 is 1.12 bits per heavy atom. The second-order valence-electron chi connectivity index (χ2n) is 10.00. The van der Waals surface area contributed by atoms with Crippen molar-refractivity contribution in [3.05, 3.63) is 89.6 Å². The number of carbonyl (C=O) groups excluding carboxylic acids is 1. The van der Waals surface area contributed by atoms with Gasteiger partial charge in [0.1, 0.15) is 22.7 Å². The molecular weight excluding hydrogens is 523 g/mol. The highest BCUT2D eigenvalue weighted by molar-refractivity contribution is 5.99. The molecule has 1 amide bonds. The molecule has 11 heteroatoms. The normalized spacial score (nSPS) is 16.7. The molecule has 5 rings (SSSR count). The van der Waals surface area contributed by atoms with Crippen LogP contribution in [0.3, 0.4) is 0 Å². The van der Waals surface area contributed by atoms with Gasteiger partial charge < -0.3 is 19.8 Å². The molecule has 8 nitrogen and oxygen atoms in total. The Hall–Kier alpha value is -4.69. The number of aromatic nitrogens is 2. The van der Waals surface area contributed by atoms with Crippen LogP contribution in [0.1, 0.15) is 37.3 Å². The first-order chi connectivity index (χ1) is 19.0. The first-order valence-electron chi connectivity index (χ1n) is 12.3. The van der Waals surface area contributed by atoms with E-state index in [1.54, 1.807) is 36.4 Å².